The third kappa shape index (κ3) is 2.01. The topological polar surface area (TPSA) is 40.5 Å². The van der Waals surface area contributed by atoms with E-state index in [1.54, 1.807) is 0 Å². The highest BCUT2D eigenvalue weighted by Gasteiger charge is 2.45. The highest BCUT2D eigenvalue weighted by molar-refractivity contribution is 5.81. The second kappa shape index (κ2) is 4.24. The summed E-state index contributed by atoms with van der Waals surface area (Å²) in [5, 5.41) is 9.97. The molecule has 1 aromatic carbocycles. The molecule has 0 amide bonds. The lowest BCUT2D eigenvalue weighted by Crippen LogP contribution is -2.44. The molecule has 2 unspecified atom stereocenters. The SMILES string of the molecule is O=C1CC2C[C@H](O)C(C1)N2Cc1ccccc1. The van der Waals surface area contributed by atoms with Gasteiger partial charge in [0.2, 0.25) is 0 Å². The molecular weight excluding hydrogens is 214 g/mol. The Morgan fingerprint density at radius 1 is 1.24 bits per heavy atom. The fourth-order valence-corrected chi connectivity index (χ4v) is 3.14. The maximum Gasteiger partial charge on any atom is 0.136 e. The van der Waals surface area contributed by atoms with Gasteiger partial charge in [0.1, 0.15) is 5.78 Å². The number of rotatable bonds is 2. The molecule has 1 aromatic rings. The van der Waals surface area contributed by atoms with Gasteiger partial charge in [0, 0.05) is 31.5 Å². The number of aliphatic hydroxyl groups excluding tert-OH is 1. The Bertz CT molecular complexity index is 417. The zero-order chi connectivity index (χ0) is 11.8. The van der Waals surface area contributed by atoms with Crippen LogP contribution in [0.15, 0.2) is 30.3 Å². The molecule has 3 heteroatoms. The van der Waals surface area contributed by atoms with Gasteiger partial charge in [-0.2, -0.15) is 0 Å². The molecule has 2 aliphatic rings. The van der Waals surface area contributed by atoms with Crippen LogP contribution in [0.2, 0.25) is 0 Å². The molecule has 2 fully saturated rings. The molecule has 3 nitrogen and oxygen atoms in total. The smallest absolute Gasteiger partial charge is 0.136 e. The van der Waals surface area contributed by atoms with E-state index in [0.29, 0.717) is 18.6 Å². The first-order valence-corrected chi connectivity index (χ1v) is 6.23. The second-order valence-corrected chi connectivity index (χ2v) is 5.13. The Labute approximate surface area is 101 Å². The van der Waals surface area contributed by atoms with Crippen LogP contribution < -0.4 is 0 Å². The normalized spacial score (nSPS) is 33.0. The van der Waals surface area contributed by atoms with Crippen molar-refractivity contribution in [2.24, 2.45) is 0 Å². The first kappa shape index (κ1) is 10.9. The summed E-state index contributed by atoms with van der Waals surface area (Å²) in [4.78, 5) is 13.8. The number of carbonyl (C=O) groups excluding carboxylic acids is 1. The molecular formula is C14H17NO2. The van der Waals surface area contributed by atoms with Crippen LogP contribution in [0.3, 0.4) is 0 Å². The largest absolute Gasteiger partial charge is 0.391 e. The van der Waals surface area contributed by atoms with Crippen molar-refractivity contribution < 1.29 is 9.90 Å². The summed E-state index contributed by atoms with van der Waals surface area (Å²) in [5.41, 5.74) is 1.26. The van der Waals surface area contributed by atoms with Crippen molar-refractivity contribution >= 4 is 5.78 Å². The summed E-state index contributed by atoms with van der Waals surface area (Å²) in [6.45, 7) is 0.848. The summed E-state index contributed by atoms with van der Waals surface area (Å²) in [7, 11) is 0. The quantitative estimate of drug-likeness (QED) is 0.835. The standard InChI is InChI=1S/C14H17NO2/c16-12-6-11-7-14(17)13(8-12)15(11)9-10-4-2-1-3-5-10/h1-5,11,13-14,17H,6-9H2/t11?,13?,14-/m0/s1. The summed E-state index contributed by atoms with van der Waals surface area (Å²) >= 11 is 0. The zero-order valence-electron chi connectivity index (χ0n) is 9.75. The van der Waals surface area contributed by atoms with E-state index in [9.17, 15) is 9.90 Å². The minimum Gasteiger partial charge on any atom is -0.391 e. The Hall–Kier alpha value is -1.19. The van der Waals surface area contributed by atoms with Crippen molar-refractivity contribution in [1.29, 1.82) is 0 Å². The fourth-order valence-electron chi connectivity index (χ4n) is 3.14. The number of hydrogen-bond donors (Lipinski definition) is 1. The average molecular weight is 231 g/mol. The van der Waals surface area contributed by atoms with Gasteiger partial charge >= 0.3 is 0 Å². The number of fused-ring (bicyclic) bond motifs is 2. The molecule has 2 heterocycles. The molecule has 90 valence electrons. The van der Waals surface area contributed by atoms with Crippen LogP contribution in [0.5, 0.6) is 0 Å². The van der Waals surface area contributed by atoms with Gasteiger partial charge in [0.25, 0.3) is 0 Å². The monoisotopic (exact) mass is 231 g/mol. The van der Waals surface area contributed by atoms with Crippen LogP contribution in [0.1, 0.15) is 24.8 Å². The van der Waals surface area contributed by atoms with Crippen molar-refractivity contribution in [3.8, 4) is 0 Å². The van der Waals surface area contributed by atoms with E-state index in [2.05, 4.69) is 17.0 Å². The molecule has 2 bridgehead atoms. The molecule has 3 atom stereocenters. The van der Waals surface area contributed by atoms with Crippen molar-refractivity contribution in [1.82, 2.24) is 4.90 Å². The molecule has 0 aromatic heterocycles. The highest BCUT2D eigenvalue weighted by atomic mass is 16.3. The number of ketones is 1. The number of piperidine rings is 1. The van der Waals surface area contributed by atoms with Crippen LogP contribution in [0.4, 0.5) is 0 Å². The van der Waals surface area contributed by atoms with Gasteiger partial charge in [0.15, 0.2) is 0 Å². The van der Waals surface area contributed by atoms with Crippen molar-refractivity contribution in [3.05, 3.63) is 35.9 Å². The Morgan fingerprint density at radius 3 is 2.71 bits per heavy atom. The molecule has 0 saturated carbocycles. The van der Waals surface area contributed by atoms with E-state index in [-0.39, 0.29) is 18.2 Å². The van der Waals surface area contributed by atoms with Crippen LogP contribution in [0.25, 0.3) is 0 Å². The van der Waals surface area contributed by atoms with Crippen LogP contribution in [-0.4, -0.2) is 34.0 Å². The Morgan fingerprint density at radius 2 is 2.00 bits per heavy atom. The predicted molar refractivity (Wildman–Crippen MR) is 64.4 cm³/mol. The average Bonchev–Trinajstić information content (AvgIpc) is 2.51. The van der Waals surface area contributed by atoms with E-state index >= 15 is 0 Å². The van der Waals surface area contributed by atoms with Crippen molar-refractivity contribution in [2.45, 2.75) is 44.0 Å². The van der Waals surface area contributed by atoms with Crippen molar-refractivity contribution in [2.75, 3.05) is 0 Å². The zero-order valence-corrected chi connectivity index (χ0v) is 9.75. The van der Waals surface area contributed by atoms with Gasteiger partial charge in [0.05, 0.1) is 6.10 Å². The number of hydrogen-bond acceptors (Lipinski definition) is 3. The van der Waals surface area contributed by atoms with E-state index in [4.69, 9.17) is 0 Å². The maximum atomic E-state index is 11.5. The minimum atomic E-state index is -0.324. The number of nitrogens with zero attached hydrogens (tertiary/aromatic N) is 1. The van der Waals surface area contributed by atoms with Gasteiger partial charge in [-0.05, 0) is 12.0 Å². The number of benzene rings is 1. The molecule has 3 rings (SSSR count). The van der Waals surface area contributed by atoms with Crippen LogP contribution >= 0.6 is 0 Å². The van der Waals surface area contributed by atoms with E-state index in [0.717, 1.165) is 13.0 Å². The van der Waals surface area contributed by atoms with Gasteiger partial charge in [-0.15, -0.1) is 0 Å². The maximum absolute atomic E-state index is 11.5. The summed E-state index contributed by atoms with van der Waals surface area (Å²) in [5.74, 6) is 0.306. The third-order valence-corrected chi connectivity index (χ3v) is 3.96. The molecule has 17 heavy (non-hydrogen) atoms. The Balaban J connectivity index is 1.78. The van der Waals surface area contributed by atoms with E-state index in [1.165, 1.54) is 5.56 Å². The molecule has 1 N–H and O–H groups in total. The van der Waals surface area contributed by atoms with Gasteiger partial charge in [-0.25, -0.2) is 0 Å². The lowest BCUT2D eigenvalue weighted by atomic mass is 10.0. The molecule has 0 radical (unpaired) electrons. The van der Waals surface area contributed by atoms with E-state index < -0.39 is 0 Å². The lowest BCUT2D eigenvalue weighted by Gasteiger charge is -2.34. The molecule has 0 aliphatic carbocycles. The molecule has 2 aliphatic heterocycles. The summed E-state index contributed by atoms with van der Waals surface area (Å²) < 4.78 is 0. The third-order valence-electron chi connectivity index (χ3n) is 3.96. The first-order chi connectivity index (χ1) is 8.24. The number of carbonyl (C=O) groups is 1. The summed E-state index contributed by atoms with van der Waals surface area (Å²) in [6.07, 6.45) is 1.56. The lowest BCUT2D eigenvalue weighted by molar-refractivity contribution is -0.124. The van der Waals surface area contributed by atoms with Crippen LogP contribution in [0, 0.1) is 0 Å². The highest BCUT2D eigenvalue weighted by Crippen LogP contribution is 2.35. The predicted octanol–water partition coefficient (Wildman–Crippen LogP) is 1.35. The second-order valence-electron chi connectivity index (χ2n) is 5.13. The summed E-state index contributed by atoms with van der Waals surface area (Å²) in [6, 6.07) is 10.6. The Kier molecular flexibility index (Phi) is 2.73. The minimum absolute atomic E-state index is 0.0430. The van der Waals surface area contributed by atoms with Crippen molar-refractivity contribution in [3.63, 3.8) is 0 Å². The van der Waals surface area contributed by atoms with Crippen LogP contribution in [-0.2, 0) is 11.3 Å². The van der Waals surface area contributed by atoms with Gasteiger partial charge < -0.3 is 5.11 Å². The van der Waals surface area contributed by atoms with E-state index in [1.807, 2.05) is 18.2 Å². The fraction of sp³-hybridized carbons (Fsp3) is 0.500. The van der Waals surface area contributed by atoms with Gasteiger partial charge in [-0.3, -0.25) is 9.69 Å². The molecule has 0 spiro atoms. The first-order valence-electron chi connectivity index (χ1n) is 6.23. The number of Topliss-reactive ketones (excluding diaryl/α,β-unsaturated/α-hetero) is 1. The number of aliphatic hydroxyl groups is 1. The molecule has 2 saturated heterocycles. The van der Waals surface area contributed by atoms with Gasteiger partial charge in [-0.1, -0.05) is 30.3 Å².